The van der Waals surface area contributed by atoms with Gasteiger partial charge in [0.1, 0.15) is 25.4 Å². The minimum absolute atomic E-state index is 0.0805. The Morgan fingerprint density at radius 3 is 0.907 bits per heavy atom. The topological polar surface area (TPSA) is 231 Å². The average molecular weight is 1400 g/mol. The van der Waals surface area contributed by atoms with Gasteiger partial charge in [-0.3, -0.25) is 32.5 Å². The molecule has 0 bridgehead atoms. The number of ether oxygens (including phenoxy) is 3. The van der Waals surface area contributed by atoms with Crippen molar-refractivity contribution in [2.45, 2.75) is 322 Å². The summed E-state index contributed by atoms with van der Waals surface area (Å²) in [6.07, 6.45) is 84.1. The van der Waals surface area contributed by atoms with E-state index in [1.165, 1.54) is 103 Å². The number of unbranched alkanes of at least 4 members (excludes halogenated alkanes) is 28. The Hall–Kier alpha value is -4.05. The summed E-state index contributed by atoms with van der Waals surface area (Å²) in [7, 11) is -9.79. The first-order chi connectivity index (χ1) is 47.2. The van der Waals surface area contributed by atoms with Crippen molar-refractivity contribution in [3.8, 4) is 0 Å². The summed E-state index contributed by atoms with van der Waals surface area (Å²) in [5.74, 6) is -1.62. The lowest BCUT2D eigenvalue weighted by atomic mass is 10.0. The first-order valence-corrected chi connectivity index (χ1v) is 40.8. The quantitative estimate of drug-likeness (QED) is 0.0146. The van der Waals surface area contributed by atoms with Crippen LogP contribution in [0.1, 0.15) is 303 Å². The number of esters is 3. The number of carbonyl (C=O) groups excluding carboxylic acids is 3. The first-order valence-electron chi connectivity index (χ1n) is 37.8. The number of aliphatic hydroxyl groups excluding tert-OH is 2. The lowest BCUT2D eigenvalue weighted by molar-refractivity contribution is -0.161. The second-order valence-electron chi connectivity index (χ2n) is 25.1. The largest absolute Gasteiger partial charge is 0.472 e. The Labute approximate surface area is 589 Å². The molecule has 5 atom stereocenters. The maximum absolute atomic E-state index is 12.9. The van der Waals surface area contributed by atoms with E-state index in [4.69, 9.17) is 32.3 Å². The van der Waals surface area contributed by atoms with Gasteiger partial charge in [0.15, 0.2) is 6.10 Å². The summed E-state index contributed by atoms with van der Waals surface area (Å²) in [5, 5.41) is 20.6. The zero-order valence-corrected chi connectivity index (χ0v) is 62.5. The van der Waals surface area contributed by atoms with Crippen LogP contribution >= 0.6 is 15.6 Å². The minimum atomic E-state index is -4.94. The fraction of sp³-hybridized carbons (Fsp3) is 0.709. The fourth-order valence-electron chi connectivity index (χ4n) is 9.88. The molecule has 4 N–H and O–H groups in total. The van der Waals surface area contributed by atoms with E-state index in [1.807, 2.05) is 0 Å². The molecule has 0 radical (unpaired) electrons. The van der Waals surface area contributed by atoms with Crippen molar-refractivity contribution in [3.05, 3.63) is 122 Å². The van der Waals surface area contributed by atoms with Gasteiger partial charge in [-0.2, -0.15) is 0 Å². The molecule has 0 saturated heterocycles. The van der Waals surface area contributed by atoms with Crippen LogP contribution in [0.25, 0.3) is 0 Å². The molecule has 0 rings (SSSR count). The summed E-state index contributed by atoms with van der Waals surface area (Å²) in [6, 6.07) is 0. The van der Waals surface area contributed by atoms with Gasteiger partial charge in [-0.05, 0) is 128 Å². The van der Waals surface area contributed by atoms with Gasteiger partial charge in [-0.25, -0.2) is 9.13 Å². The van der Waals surface area contributed by atoms with Crippen LogP contribution in [-0.2, 0) is 55.8 Å². The van der Waals surface area contributed by atoms with E-state index in [-0.39, 0.29) is 19.3 Å². The normalized spacial score (nSPS) is 14.8. The van der Waals surface area contributed by atoms with Gasteiger partial charge in [-0.15, -0.1) is 0 Å². The molecule has 5 unspecified atom stereocenters. The van der Waals surface area contributed by atoms with Gasteiger partial charge in [0.05, 0.1) is 26.4 Å². The van der Waals surface area contributed by atoms with Crippen LogP contribution in [0, 0.1) is 0 Å². The van der Waals surface area contributed by atoms with Crippen LogP contribution in [0.2, 0.25) is 0 Å². The fourth-order valence-corrected chi connectivity index (χ4v) is 11.5. The predicted octanol–water partition coefficient (Wildman–Crippen LogP) is 21.8. The molecule has 18 heteroatoms. The third-order valence-electron chi connectivity index (χ3n) is 15.6. The van der Waals surface area contributed by atoms with Crippen molar-refractivity contribution in [1.82, 2.24) is 0 Å². The minimum Gasteiger partial charge on any atom is -0.463 e. The maximum atomic E-state index is 12.9. The number of hydrogen-bond acceptors (Lipinski definition) is 14. The maximum Gasteiger partial charge on any atom is 0.472 e. The van der Waals surface area contributed by atoms with Crippen LogP contribution in [0.3, 0.4) is 0 Å². The third-order valence-corrected chi connectivity index (χ3v) is 17.5. The van der Waals surface area contributed by atoms with Gasteiger partial charge >= 0.3 is 33.6 Å². The van der Waals surface area contributed by atoms with Gasteiger partial charge in [0.25, 0.3) is 0 Å². The molecule has 16 nitrogen and oxygen atoms in total. The smallest absolute Gasteiger partial charge is 0.463 e. The highest BCUT2D eigenvalue weighted by Gasteiger charge is 2.29. The van der Waals surface area contributed by atoms with Crippen LogP contribution in [0.5, 0.6) is 0 Å². The van der Waals surface area contributed by atoms with Crippen molar-refractivity contribution >= 4 is 33.6 Å². The Morgan fingerprint density at radius 1 is 0.299 bits per heavy atom. The van der Waals surface area contributed by atoms with E-state index in [0.717, 1.165) is 141 Å². The second-order valence-corrected chi connectivity index (χ2v) is 28.0. The lowest BCUT2D eigenvalue weighted by Gasteiger charge is -2.21. The van der Waals surface area contributed by atoms with Gasteiger partial charge in [-0.1, -0.05) is 277 Å². The van der Waals surface area contributed by atoms with Gasteiger partial charge in [0, 0.05) is 19.3 Å². The summed E-state index contributed by atoms with van der Waals surface area (Å²) >= 11 is 0. The van der Waals surface area contributed by atoms with Crippen molar-refractivity contribution < 1.29 is 75.8 Å². The van der Waals surface area contributed by atoms with Crippen molar-refractivity contribution in [2.75, 3.05) is 39.6 Å². The molecule has 0 aliphatic heterocycles. The lowest BCUT2D eigenvalue weighted by Crippen LogP contribution is -2.30. The molecular formula is C79H136O16P2. The molecule has 97 heavy (non-hydrogen) atoms. The molecule has 0 saturated carbocycles. The molecule has 0 aromatic carbocycles. The van der Waals surface area contributed by atoms with E-state index in [9.17, 15) is 43.5 Å². The standard InChI is InChI=1S/C79H136O16P2/c1-4-7-10-13-16-19-22-25-27-29-30-31-32-33-34-35-36-37-38-39-40-41-42-44-46-48-50-53-56-59-62-65-77(82)89-68-74(80)69-91-96(85,86)92-70-75(81)71-93-97(87,88)94-73-76(95-79(84)67-64-61-58-55-52-47-24-21-18-15-12-9-6-3)72-90-78(83)66-63-60-57-54-51-49-45-43-28-26-23-20-17-14-11-8-5-2/h8,11-12,15-17,19-21,24-28,30-31,33-34,45,49,74-76,80-81H,4-7,9-10,13-14,18,22-23,29,32,35-44,46-48,50-73H2,1-3H3,(H,85,86)(H,87,88)/b11-8-,15-12-,19-16-,20-17-,24-21-,27-25-,28-26-,31-30-,34-33-,49-45-. The summed E-state index contributed by atoms with van der Waals surface area (Å²) in [5.41, 5.74) is 0. The average Bonchev–Trinajstić information content (AvgIpc) is 1.86. The van der Waals surface area contributed by atoms with E-state index >= 15 is 0 Å². The molecule has 0 aliphatic carbocycles. The van der Waals surface area contributed by atoms with Crippen molar-refractivity contribution in [3.63, 3.8) is 0 Å². The first kappa shape index (κ1) is 93.0. The van der Waals surface area contributed by atoms with Crippen LogP contribution in [0.4, 0.5) is 0 Å². The molecule has 0 aromatic heterocycles. The third kappa shape index (κ3) is 73.0. The monoisotopic (exact) mass is 1400 g/mol. The molecule has 0 fully saturated rings. The van der Waals surface area contributed by atoms with Gasteiger partial charge < -0.3 is 34.2 Å². The predicted molar refractivity (Wildman–Crippen MR) is 399 cm³/mol. The van der Waals surface area contributed by atoms with Crippen molar-refractivity contribution in [2.24, 2.45) is 0 Å². The molecule has 0 spiro atoms. The van der Waals surface area contributed by atoms with Gasteiger partial charge in [0.2, 0.25) is 0 Å². The zero-order chi connectivity index (χ0) is 70.9. The number of phosphoric ester groups is 2. The van der Waals surface area contributed by atoms with Crippen LogP contribution in [0.15, 0.2) is 122 Å². The highest BCUT2D eigenvalue weighted by atomic mass is 31.2. The highest BCUT2D eigenvalue weighted by Crippen LogP contribution is 2.45. The summed E-state index contributed by atoms with van der Waals surface area (Å²) < 4.78 is 60.9. The molecular weight excluding hydrogens is 1270 g/mol. The Morgan fingerprint density at radius 2 is 0.567 bits per heavy atom. The van der Waals surface area contributed by atoms with E-state index in [2.05, 4.69) is 142 Å². The number of allylic oxidation sites excluding steroid dienone is 20. The number of rotatable bonds is 71. The van der Waals surface area contributed by atoms with Crippen LogP contribution in [-0.4, -0.2) is 95.9 Å². The summed E-state index contributed by atoms with van der Waals surface area (Å²) in [6.45, 7) is 2.42. The molecule has 0 aliphatic rings. The molecule has 0 aromatic rings. The number of aliphatic hydroxyl groups is 2. The van der Waals surface area contributed by atoms with E-state index in [0.29, 0.717) is 19.3 Å². The zero-order valence-electron chi connectivity index (χ0n) is 60.7. The van der Waals surface area contributed by atoms with Crippen molar-refractivity contribution in [1.29, 1.82) is 0 Å². The second kappa shape index (κ2) is 71.8. The number of carbonyl (C=O) groups is 3. The Bertz CT molecular complexity index is 2250. The Balaban J connectivity index is 4.44. The highest BCUT2D eigenvalue weighted by molar-refractivity contribution is 7.47. The number of hydrogen-bond donors (Lipinski definition) is 4. The SMILES string of the molecule is CC/C=C\C/C=C\C/C=C\C/C=C\CCCCCCC(=O)OCC(COP(=O)(O)OCC(O)COP(=O)(O)OCC(O)COC(=O)CCCCCCCCCCCCCCCCC/C=C\C/C=C\C/C=C\C/C=C\CCCCC)OC(=O)CCCCCCC/C=C\C/C=C\CCC. The molecule has 558 valence electrons. The molecule has 0 heterocycles. The number of phosphoric acid groups is 2. The van der Waals surface area contributed by atoms with E-state index in [1.54, 1.807) is 0 Å². The molecule has 0 amide bonds. The Kier molecular flexibility index (Phi) is 68.8. The summed E-state index contributed by atoms with van der Waals surface area (Å²) in [4.78, 5) is 58.4. The van der Waals surface area contributed by atoms with E-state index < -0.39 is 91.5 Å². The van der Waals surface area contributed by atoms with Crippen LogP contribution < -0.4 is 0 Å².